The second kappa shape index (κ2) is 2.80. The third-order valence-electron chi connectivity index (χ3n) is 2.99. The lowest BCUT2D eigenvalue weighted by molar-refractivity contribution is 0.00132. The Labute approximate surface area is 84.1 Å². The summed E-state index contributed by atoms with van der Waals surface area (Å²) in [6.07, 6.45) is 0.867. The Kier molecular flexibility index (Phi) is 1.93. The molecule has 2 N–H and O–H groups in total. The largest absolute Gasteiger partial charge is 0.321 e. The molecule has 1 aromatic carbocycles. The molecule has 2 rings (SSSR count). The van der Waals surface area contributed by atoms with Gasteiger partial charge in [-0.15, -0.1) is 0 Å². The smallest absolute Gasteiger partial charge is 0.112 e. The van der Waals surface area contributed by atoms with Crippen molar-refractivity contribution >= 4 is 0 Å². The predicted octanol–water partition coefficient (Wildman–Crippen LogP) is 2.67. The van der Waals surface area contributed by atoms with Crippen LogP contribution in [0.1, 0.15) is 30.9 Å². The zero-order valence-electron chi connectivity index (χ0n) is 8.68. The van der Waals surface area contributed by atoms with Crippen LogP contribution >= 0.6 is 0 Å². The molecule has 2 heteroatoms. The van der Waals surface area contributed by atoms with E-state index >= 15 is 0 Å². The lowest BCUT2D eigenvalue weighted by Gasteiger charge is -2.48. The Balaban J connectivity index is 2.21. The summed E-state index contributed by atoms with van der Waals surface area (Å²) >= 11 is 0. The van der Waals surface area contributed by atoms with Crippen molar-refractivity contribution in [1.82, 2.24) is 0 Å². The van der Waals surface area contributed by atoms with Crippen molar-refractivity contribution in [1.29, 1.82) is 0 Å². The van der Waals surface area contributed by atoms with Crippen molar-refractivity contribution in [2.75, 3.05) is 0 Å². The van der Waals surface area contributed by atoms with E-state index < -0.39 is 11.2 Å². The molecular weight excluding hydrogens is 177 g/mol. The second-order valence-corrected chi connectivity index (χ2v) is 4.79. The van der Waals surface area contributed by atoms with Crippen LogP contribution in [0.25, 0.3) is 0 Å². The normalized spacial score (nSPS) is 36.6. The number of halogens is 1. The first kappa shape index (κ1) is 9.66. The van der Waals surface area contributed by atoms with Crippen LogP contribution in [0.15, 0.2) is 24.3 Å². The van der Waals surface area contributed by atoms with Gasteiger partial charge in [-0.05, 0) is 19.4 Å². The van der Waals surface area contributed by atoms with Gasteiger partial charge in [-0.25, -0.2) is 4.39 Å². The lowest BCUT2D eigenvalue weighted by atomic mass is 9.64. The van der Waals surface area contributed by atoms with Crippen molar-refractivity contribution < 1.29 is 4.39 Å². The van der Waals surface area contributed by atoms with E-state index in [4.69, 9.17) is 5.73 Å². The first-order valence-electron chi connectivity index (χ1n) is 4.96. The molecule has 1 aliphatic carbocycles. The molecule has 0 saturated heterocycles. The molecule has 76 valence electrons. The van der Waals surface area contributed by atoms with E-state index in [0.717, 1.165) is 5.56 Å². The molecule has 0 radical (unpaired) electrons. The monoisotopic (exact) mass is 193 g/mol. The number of hydrogen-bond acceptors (Lipinski definition) is 1. The average Bonchev–Trinajstić information content (AvgIpc) is 2.01. The number of aryl methyl sites for hydroxylation is 1. The standard InChI is InChI=1S/C12H16FN/c1-9-3-5-10(6-4-9)12(14)7-11(2,13)8-12/h3-6H,7-8,14H2,1-2H3. The van der Waals surface area contributed by atoms with E-state index in [-0.39, 0.29) is 0 Å². The molecular formula is C12H16FN. The molecule has 1 aliphatic rings. The summed E-state index contributed by atoms with van der Waals surface area (Å²) in [5.41, 5.74) is 6.87. The maximum absolute atomic E-state index is 13.4. The summed E-state index contributed by atoms with van der Waals surface area (Å²) in [6.45, 7) is 3.65. The zero-order chi connectivity index (χ0) is 10.4. The Bertz CT molecular complexity index is 332. The highest BCUT2D eigenvalue weighted by Crippen LogP contribution is 2.48. The van der Waals surface area contributed by atoms with Crippen molar-refractivity contribution in [2.45, 2.75) is 37.9 Å². The number of nitrogens with two attached hydrogens (primary N) is 1. The maximum Gasteiger partial charge on any atom is 0.112 e. The second-order valence-electron chi connectivity index (χ2n) is 4.79. The van der Waals surface area contributed by atoms with Crippen LogP contribution in [-0.4, -0.2) is 5.67 Å². The van der Waals surface area contributed by atoms with Gasteiger partial charge in [0.05, 0.1) is 0 Å². The zero-order valence-corrected chi connectivity index (χ0v) is 8.68. The van der Waals surface area contributed by atoms with E-state index in [0.29, 0.717) is 12.8 Å². The van der Waals surface area contributed by atoms with Crippen molar-refractivity contribution in [3.8, 4) is 0 Å². The van der Waals surface area contributed by atoms with Gasteiger partial charge in [0.15, 0.2) is 0 Å². The van der Waals surface area contributed by atoms with Crippen molar-refractivity contribution in [3.63, 3.8) is 0 Å². The molecule has 0 amide bonds. The van der Waals surface area contributed by atoms with Crippen LogP contribution in [0.2, 0.25) is 0 Å². The van der Waals surface area contributed by atoms with Gasteiger partial charge in [0.2, 0.25) is 0 Å². The first-order chi connectivity index (χ1) is 6.41. The molecule has 1 aromatic rings. The van der Waals surface area contributed by atoms with Crippen molar-refractivity contribution in [3.05, 3.63) is 35.4 Å². The topological polar surface area (TPSA) is 26.0 Å². The summed E-state index contributed by atoms with van der Waals surface area (Å²) in [6, 6.07) is 8.06. The summed E-state index contributed by atoms with van der Waals surface area (Å²) in [5, 5.41) is 0. The molecule has 1 saturated carbocycles. The molecule has 0 unspecified atom stereocenters. The van der Waals surface area contributed by atoms with Crippen LogP contribution in [0, 0.1) is 6.92 Å². The SMILES string of the molecule is Cc1ccc(C2(N)CC(C)(F)C2)cc1. The van der Waals surface area contributed by atoms with Crippen LogP contribution in [0.5, 0.6) is 0 Å². The third kappa shape index (κ3) is 1.55. The summed E-state index contributed by atoms with van der Waals surface area (Å²) in [7, 11) is 0. The fourth-order valence-corrected chi connectivity index (χ4v) is 2.35. The minimum absolute atomic E-state index is 0.433. The Hall–Kier alpha value is -0.890. The minimum atomic E-state index is -1.07. The average molecular weight is 193 g/mol. The summed E-state index contributed by atoms with van der Waals surface area (Å²) in [5.74, 6) is 0. The van der Waals surface area contributed by atoms with Crippen molar-refractivity contribution in [2.24, 2.45) is 5.73 Å². The van der Waals surface area contributed by atoms with Gasteiger partial charge in [-0.1, -0.05) is 29.8 Å². The van der Waals surface area contributed by atoms with Crippen LogP contribution in [0.3, 0.4) is 0 Å². The molecule has 1 fully saturated rings. The quantitative estimate of drug-likeness (QED) is 0.729. The minimum Gasteiger partial charge on any atom is -0.321 e. The third-order valence-corrected chi connectivity index (χ3v) is 2.99. The highest BCUT2D eigenvalue weighted by atomic mass is 19.1. The number of alkyl halides is 1. The number of rotatable bonds is 1. The molecule has 14 heavy (non-hydrogen) atoms. The van der Waals surface area contributed by atoms with E-state index in [1.165, 1.54) is 5.56 Å². The first-order valence-corrected chi connectivity index (χ1v) is 4.96. The summed E-state index contributed by atoms with van der Waals surface area (Å²) in [4.78, 5) is 0. The van der Waals surface area contributed by atoms with Gasteiger partial charge in [-0.3, -0.25) is 0 Å². The van der Waals surface area contributed by atoms with Gasteiger partial charge in [0.1, 0.15) is 5.67 Å². The maximum atomic E-state index is 13.4. The highest BCUT2D eigenvalue weighted by molar-refractivity contribution is 5.31. The number of benzene rings is 1. The Morgan fingerprint density at radius 2 is 1.71 bits per heavy atom. The molecule has 0 heterocycles. The molecule has 0 aromatic heterocycles. The fourth-order valence-electron chi connectivity index (χ4n) is 2.35. The molecule has 0 bridgehead atoms. The van der Waals surface area contributed by atoms with E-state index in [1.807, 2.05) is 31.2 Å². The van der Waals surface area contributed by atoms with Gasteiger partial charge < -0.3 is 5.73 Å². The van der Waals surface area contributed by atoms with Crippen LogP contribution in [0.4, 0.5) is 4.39 Å². The molecule has 0 atom stereocenters. The molecule has 0 spiro atoms. The lowest BCUT2D eigenvalue weighted by Crippen LogP contribution is -2.56. The van der Waals surface area contributed by atoms with E-state index in [1.54, 1.807) is 6.92 Å². The highest BCUT2D eigenvalue weighted by Gasteiger charge is 2.50. The molecule has 0 aliphatic heterocycles. The molecule has 1 nitrogen and oxygen atoms in total. The fraction of sp³-hybridized carbons (Fsp3) is 0.500. The van der Waals surface area contributed by atoms with E-state index in [2.05, 4.69) is 0 Å². The van der Waals surface area contributed by atoms with Crippen LogP contribution in [-0.2, 0) is 5.54 Å². The number of hydrogen-bond donors (Lipinski definition) is 1. The van der Waals surface area contributed by atoms with Gasteiger partial charge in [-0.2, -0.15) is 0 Å². The van der Waals surface area contributed by atoms with Crippen LogP contribution < -0.4 is 5.73 Å². The Morgan fingerprint density at radius 1 is 1.21 bits per heavy atom. The van der Waals surface area contributed by atoms with Gasteiger partial charge in [0, 0.05) is 18.4 Å². The van der Waals surface area contributed by atoms with E-state index in [9.17, 15) is 4.39 Å². The Morgan fingerprint density at radius 3 is 2.14 bits per heavy atom. The van der Waals surface area contributed by atoms with Gasteiger partial charge in [0.25, 0.3) is 0 Å². The summed E-state index contributed by atoms with van der Waals surface area (Å²) < 4.78 is 13.4. The van der Waals surface area contributed by atoms with Gasteiger partial charge >= 0.3 is 0 Å². The predicted molar refractivity (Wildman–Crippen MR) is 55.8 cm³/mol.